The fraction of sp³-hybridized carbons (Fsp3) is 0.429. The Morgan fingerprint density at radius 2 is 1.68 bits per heavy atom. The van der Waals surface area contributed by atoms with Crippen LogP contribution in [0.25, 0.3) is 10.8 Å². The van der Waals surface area contributed by atoms with E-state index in [0.717, 1.165) is 16.3 Å². The van der Waals surface area contributed by atoms with Gasteiger partial charge in [-0.3, -0.25) is 9.59 Å². The number of esters is 1. The average Bonchev–Trinajstić information content (AvgIpc) is 2.52. The molecule has 0 saturated heterocycles. The zero-order chi connectivity index (χ0) is 18.4. The van der Waals surface area contributed by atoms with Crippen molar-refractivity contribution in [3.05, 3.63) is 48.0 Å². The summed E-state index contributed by atoms with van der Waals surface area (Å²) in [6.45, 7) is 5.90. The van der Waals surface area contributed by atoms with E-state index < -0.39 is 5.97 Å². The summed E-state index contributed by atoms with van der Waals surface area (Å²) in [6, 6.07) is 14.0. The first-order valence-corrected chi connectivity index (χ1v) is 8.75. The lowest BCUT2D eigenvalue weighted by molar-refractivity contribution is -0.150. The van der Waals surface area contributed by atoms with E-state index in [0.29, 0.717) is 12.3 Å². The number of hydrogen-bond acceptors (Lipinski definition) is 3. The second-order valence-corrected chi connectivity index (χ2v) is 7.04. The van der Waals surface area contributed by atoms with Crippen molar-refractivity contribution in [1.82, 2.24) is 0 Å². The first-order chi connectivity index (χ1) is 11.8. The molecule has 1 N–H and O–H groups in total. The van der Waals surface area contributed by atoms with E-state index in [9.17, 15) is 9.59 Å². The highest BCUT2D eigenvalue weighted by molar-refractivity contribution is 5.83. The standard InChI is InChI=1S/C21H26O4/c1-14(2)10-16(11-20(22)23)12-21(24)25-15(3)18-9-8-17-6-4-5-7-19(17)13-18/h4-9,13-16H,10-12H2,1-3H3,(H,22,23)/t15-,16?/m0/s1. The van der Waals surface area contributed by atoms with Gasteiger partial charge in [0, 0.05) is 12.8 Å². The maximum absolute atomic E-state index is 12.2. The summed E-state index contributed by atoms with van der Waals surface area (Å²) >= 11 is 0. The molecular weight excluding hydrogens is 316 g/mol. The molecule has 0 aromatic heterocycles. The van der Waals surface area contributed by atoms with Crippen LogP contribution in [-0.4, -0.2) is 17.0 Å². The number of carboxylic acids is 1. The van der Waals surface area contributed by atoms with Crippen LogP contribution in [0.3, 0.4) is 0 Å². The Kier molecular flexibility index (Phi) is 6.57. The molecule has 0 spiro atoms. The Hall–Kier alpha value is -2.36. The van der Waals surface area contributed by atoms with Crippen molar-refractivity contribution in [2.24, 2.45) is 11.8 Å². The SMILES string of the molecule is CC(C)CC(CC(=O)O)CC(=O)O[C@@H](C)c1ccc2ccccc2c1. The van der Waals surface area contributed by atoms with Gasteiger partial charge >= 0.3 is 11.9 Å². The summed E-state index contributed by atoms with van der Waals surface area (Å²) in [5.41, 5.74) is 0.936. The largest absolute Gasteiger partial charge is 0.481 e. The Labute approximate surface area is 148 Å². The van der Waals surface area contributed by atoms with Crippen LogP contribution in [0.2, 0.25) is 0 Å². The zero-order valence-electron chi connectivity index (χ0n) is 15.1. The number of fused-ring (bicyclic) bond motifs is 1. The van der Waals surface area contributed by atoms with Gasteiger partial charge in [0.15, 0.2) is 0 Å². The monoisotopic (exact) mass is 342 g/mol. The molecule has 1 unspecified atom stereocenters. The molecule has 4 nitrogen and oxygen atoms in total. The first kappa shape index (κ1) is 19.0. The number of carbonyl (C=O) groups is 2. The van der Waals surface area contributed by atoms with Crippen molar-refractivity contribution in [2.45, 2.75) is 46.1 Å². The van der Waals surface area contributed by atoms with Crippen LogP contribution >= 0.6 is 0 Å². The number of hydrogen-bond donors (Lipinski definition) is 1. The van der Waals surface area contributed by atoms with Crippen LogP contribution < -0.4 is 0 Å². The molecule has 2 aromatic carbocycles. The number of carboxylic acid groups (broad SMARTS) is 1. The number of rotatable bonds is 8. The van der Waals surface area contributed by atoms with Crippen molar-refractivity contribution < 1.29 is 19.4 Å². The Morgan fingerprint density at radius 3 is 2.32 bits per heavy atom. The average molecular weight is 342 g/mol. The maximum Gasteiger partial charge on any atom is 0.306 e. The second kappa shape index (κ2) is 8.65. The minimum Gasteiger partial charge on any atom is -0.481 e. The van der Waals surface area contributed by atoms with Gasteiger partial charge in [-0.1, -0.05) is 50.2 Å². The molecule has 0 aliphatic carbocycles. The third kappa shape index (κ3) is 5.89. The third-order valence-corrected chi connectivity index (χ3v) is 4.27. The molecule has 25 heavy (non-hydrogen) atoms. The van der Waals surface area contributed by atoms with Crippen LogP contribution in [0, 0.1) is 11.8 Å². The van der Waals surface area contributed by atoms with Crippen LogP contribution in [0.1, 0.15) is 51.7 Å². The van der Waals surface area contributed by atoms with Crippen LogP contribution in [0.4, 0.5) is 0 Å². The maximum atomic E-state index is 12.2. The van der Waals surface area contributed by atoms with Gasteiger partial charge in [-0.05, 0) is 47.6 Å². The number of benzene rings is 2. The van der Waals surface area contributed by atoms with Crippen molar-refractivity contribution in [3.8, 4) is 0 Å². The van der Waals surface area contributed by atoms with Gasteiger partial charge < -0.3 is 9.84 Å². The highest BCUT2D eigenvalue weighted by atomic mass is 16.5. The van der Waals surface area contributed by atoms with E-state index in [-0.39, 0.29) is 30.8 Å². The normalized spacial score (nSPS) is 13.6. The molecule has 0 heterocycles. The zero-order valence-corrected chi connectivity index (χ0v) is 15.1. The summed E-state index contributed by atoms with van der Waals surface area (Å²) < 4.78 is 5.55. The Balaban J connectivity index is 2.00. The van der Waals surface area contributed by atoms with Crippen molar-refractivity contribution in [3.63, 3.8) is 0 Å². The lowest BCUT2D eigenvalue weighted by atomic mass is 9.91. The molecule has 2 rings (SSSR count). The molecule has 134 valence electrons. The van der Waals surface area contributed by atoms with E-state index in [2.05, 4.69) is 0 Å². The summed E-state index contributed by atoms with van der Waals surface area (Å²) in [6.07, 6.45) is 0.479. The van der Waals surface area contributed by atoms with E-state index in [1.807, 2.05) is 63.2 Å². The smallest absolute Gasteiger partial charge is 0.306 e. The first-order valence-electron chi connectivity index (χ1n) is 8.75. The lowest BCUT2D eigenvalue weighted by Crippen LogP contribution is -2.18. The predicted octanol–water partition coefficient (Wildman–Crippen LogP) is 4.97. The van der Waals surface area contributed by atoms with Gasteiger partial charge in [0.25, 0.3) is 0 Å². The Morgan fingerprint density at radius 1 is 1.00 bits per heavy atom. The molecule has 0 amide bonds. The predicted molar refractivity (Wildman–Crippen MR) is 98.3 cm³/mol. The van der Waals surface area contributed by atoms with Gasteiger partial charge in [0.2, 0.25) is 0 Å². The number of aliphatic carboxylic acids is 1. The van der Waals surface area contributed by atoms with Gasteiger partial charge in [-0.25, -0.2) is 0 Å². The summed E-state index contributed by atoms with van der Waals surface area (Å²) in [5.74, 6) is -1.06. The molecule has 4 heteroatoms. The molecule has 0 saturated carbocycles. The molecule has 0 radical (unpaired) electrons. The van der Waals surface area contributed by atoms with Crippen LogP contribution in [0.5, 0.6) is 0 Å². The van der Waals surface area contributed by atoms with Gasteiger partial charge in [0.1, 0.15) is 6.10 Å². The third-order valence-electron chi connectivity index (χ3n) is 4.27. The van der Waals surface area contributed by atoms with E-state index in [1.54, 1.807) is 0 Å². The second-order valence-electron chi connectivity index (χ2n) is 7.04. The quantitative estimate of drug-likeness (QED) is 0.688. The molecule has 0 bridgehead atoms. The number of carbonyl (C=O) groups excluding carboxylic acids is 1. The molecule has 0 aliphatic rings. The Bertz CT molecular complexity index is 736. The minimum absolute atomic E-state index is 0.00235. The molecule has 2 aromatic rings. The van der Waals surface area contributed by atoms with Gasteiger partial charge in [0.05, 0.1) is 0 Å². The highest BCUT2D eigenvalue weighted by Crippen LogP contribution is 2.25. The lowest BCUT2D eigenvalue weighted by Gasteiger charge is -2.19. The van der Waals surface area contributed by atoms with Gasteiger partial charge in [-0.2, -0.15) is 0 Å². The van der Waals surface area contributed by atoms with Crippen LogP contribution in [-0.2, 0) is 14.3 Å². The fourth-order valence-corrected chi connectivity index (χ4v) is 3.16. The molecule has 0 fully saturated rings. The summed E-state index contributed by atoms with van der Waals surface area (Å²) in [7, 11) is 0. The minimum atomic E-state index is -0.874. The fourth-order valence-electron chi connectivity index (χ4n) is 3.16. The van der Waals surface area contributed by atoms with E-state index >= 15 is 0 Å². The van der Waals surface area contributed by atoms with Crippen molar-refractivity contribution in [2.75, 3.05) is 0 Å². The van der Waals surface area contributed by atoms with Crippen molar-refractivity contribution >= 4 is 22.7 Å². The summed E-state index contributed by atoms with van der Waals surface area (Å²) in [5, 5.41) is 11.3. The van der Waals surface area contributed by atoms with Gasteiger partial charge in [-0.15, -0.1) is 0 Å². The van der Waals surface area contributed by atoms with Crippen molar-refractivity contribution in [1.29, 1.82) is 0 Å². The number of ether oxygens (including phenoxy) is 1. The molecular formula is C21H26O4. The topological polar surface area (TPSA) is 63.6 Å². The van der Waals surface area contributed by atoms with E-state index in [1.165, 1.54) is 0 Å². The van der Waals surface area contributed by atoms with Crippen LogP contribution in [0.15, 0.2) is 42.5 Å². The highest BCUT2D eigenvalue weighted by Gasteiger charge is 2.21. The molecule has 0 aliphatic heterocycles. The van der Waals surface area contributed by atoms with E-state index in [4.69, 9.17) is 9.84 Å². The molecule has 2 atom stereocenters. The summed E-state index contributed by atoms with van der Waals surface area (Å²) in [4.78, 5) is 23.2.